The van der Waals surface area contributed by atoms with E-state index in [1.807, 2.05) is 6.07 Å². The summed E-state index contributed by atoms with van der Waals surface area (Å²) in [5.41, 5.74) is 6.46. The fraction of sp³-hybridized carbons (Fsp3) is 0.269. The van der Waals surface area contributed by atoms with Crippen molar-refractivity contribution in [1.82, 2.24) is 0 Å². The van der Waals surface area contributed by atoms with E-state index in [-0.39, 0.29) is 18.7 Å². The number of fused-ring (bicyclic) bond motifs is 1. The number of carboxylic acid groups (broad SMARTS) is 1. The van der Waals surface area contributed by atoms with Crippen molar-refractivity contribution in [2.75, 3.05) is 16.8 Å². The Kier molecular flexibility index (Phi) is 6.40. The number of carbonyl (C=O) groups is 1. The molecule has 0 atom stereocenters. The number of nitrogens with one attached hydrogen (secondary N) is 1. The lowest BCUT2D eigenvalue weighted by molar-refractivity contribution is -0.136. The van der Waals surface area contributed by atoms with Gasteiger partial charge in [-0.3, -0.25) is 4.79 Å². The summed E-state index contributed by atoms with van der Waals surface area (Å²) < 4.78 is 28.2. The van der Waals surface area contributed by atoms with E-state index in [2.05, 4.69) is 29.3 Å². The van der Waals surface area contributed by atoms with Gasteiger partial charge in [0.1, 0.15) is 11.6 Å². The third-order valence-corrected chi connectivity index (χ3v) is 5.99. The Bertz CT molecular complexity index is 1150. The monoisotopic (exact) mass is 436 g/mol. The summed E-state index contributed by atoms with van der Waals surface area (Å²) in [7, 11) is 0. The molecule has 1 aliphatic rings. The van der Waals surface area contributed by atoms with Gasteiger partial charge in [-0.05, 0) is 78.8 Å². The minimum Gasteiger partial charge on any atom is -0.481 e. The molecule has 0 aromatic heterocycles. The van der Waals surface area contributed by atoms with E-state index in [9.17, 15) is 13.6 Å². The highest BCUT2D eigenvalue weighted by Gasteiger charge is 2.22. The molecule has 2 N–H and O–H groups in total. The quantitative estimate of drug-likeness (QED) is 0.478. The third-order valence-electron chi connectivity index (χ3n) is 5.99. The zero-order valence-corrected chi connectivity index (χ0v) is 18.0. The first-order chi connectivity index (χ1) is 15.4. The summed E-state index contributed by atoms with van der Waals surface area (Å²) in [6, 6.07) is 15.7. The van der Waals surface area contributed by atoms with Gasteiger partial charge in [0, 0.05) is 36.6 Å². The van der Waals surface area contributed by atoms with E-state index in [1.54, 1.807) is 24.3 Å². The molecule has 0 amide bonds. The Hall–Kier alpha value is -3.41. The van der Waals surface area contributed by atoms with Crippen LogP contribution < -0.4 is 10.2 Å². The molecule has 1 heterocycles. The Labute approximate surface area is 186 Å². The normalized spacial score (nSPS) is 13.0. The van der Waals surface area contributed by atoms with Crippen molar-refractivity contribution in [3.63, 3.8) is 0 Å². The highest BCUT2D eigenvalue weighted by Crippen LogP contribution is 2.38. The second-order valence-corrected chi connectivity index (χ2v) is 8.15. The summed E-state index contributed by atoms with van der Waals surface area (Å²) in [4.78, 5) is 12.9. The van der Waals surface area contributed by atoms with Crippen LogP contribution in [-0.4, -0.2) is 17.6 Å². The number of halogens is 2. The maximum atomic E-state index is 14.3. The first-order valence-corrected chi connectivity index (χ1v) is 10.8. The minimum absolute atomic E-state index is 0.0974. The molecule has 1 aliphatic heterocycles. The molecule has 0 saturated carbocycles. The first-order valence-electron chi connectivity index (χ1n) is 10.8. The van der Waals surface area contributed by atoms with Gasteiger partial charge in [-0.15, -0.1) is 0 Å². The Morgan fingerprint density at radius 2 is 1.91 bits per heavy atom. The molecule has 32 heavy (non-hydrogen) atoms. The molecule has 4 rings (SSSR count). The van der Waals surface area contributed by atoms with Crippen LogP contribution >= 0.6 is 0 Å². The van der Waals surface area contributed by atoms with E-state index in [4.69, 9.17) is 5.11 Å². The van der Waals surface area contributed by atoms with Crippen molar-refractivity contribution in [3.8, 4) is 0 Å². The molecule has 4 nitrogen and oxygen atoms in total. The van der Waals surface area contributed by atoms with Crippen LogP contribution in [-0.2, 0) is 24.2 Å². The van der Waals surface area contributed by atoms with Crippen molar-refractivity contribution in [1.29, 1.82) is 0 Å². The molecule has 6 heteroatoms. The summed E-state index contributed by atoms with van der Waals surface area (Å²) in [5, 5.41) is 12.1. The Morgan fingerprint density at radius 3 is 2.66 bits per heavy atom. The number of aliphatic carboxylic acids is 1. The van der Waals surface area contributed by atoms with Crippen LogP contribution in [0.15, 0.2) is 54.6 Å². The predicted octanol–water partition coefficient (Wildman–Crippen LogP) is 5.99. The van der Waals surface area contributed by atoms with E-state index in [0.717, 1.165) is 41.9 Å². The summed E-state index contributed by atoms with van der Waals surface area (Å²) in [5.74, 6) is -1.60. The van der Waals surface area contributed by atoms with Crippen LogP contribution in [0.3, 0.4) is 0 Å². The molecular formula is C26H26F2N2O2. The molecule has 0 fully saturated rings. The summed E-state index contributed by atoms with van der Waals surface area (Å²) in [6.07, 6.45) is 2.06. The standard InChI is InChI=1S/C26H26F2N2O2/c1-17-20(16-29-22-11-9-18(24(28)15-22)10-12-25(31)32)8-7-19-4-3-13-30(26(17)19)23-6-2-5-21(27)14-23/h2,5-9,11,14-15,29H,3-4,10,12-13,16H2,1H3,(H,31,32). The number of aryl methyl sites for hydroxylation is 2. The molecule has 0 bridgehead atoms. The predicted molar refractivity (Wildman–Crippen MR) is 123 cm³/mol. The highest BCUT2D eigenvalue weighted by molar-refractivity contribution is 5.72. The van der Waals surface area contributed by atoms with Crippen molar-refractivity contribution >= 4 is 23.0 Å². The maximum Gasteiger partial charge on any atom is 0.303 e. The molecule has 166 valence electrons. The number of anilines is 3. The van der Waals surface area contributed by atoms with Crippen LogP contribution in [0.4, 0.5) is 25.8 Å². The lowest BCUT2D eigenvalue weighted by Gasteiger charge is -2.34. The van der Waals surface area contributed by atoms with Crippen molar-refractivity contribution in [2.45, 2.75) is 39.2 Å². The average Bonchev–Trinajstić information content (AvgIpc) is 2.77. The van der Waals surface area contributed by atoms with Crippen LogP contribution in [0.2, 0.25) is 0 Å². The number of benzene rings is 3. The molecule has 3 aromatic rings. The average molecular weight is 437 g/mol. The van der Waals surface area contributed by atoms with Crippen LogP contribution in [0.1, 0.15) is 35.1 Å². The Morgan fingerprint density at radius 1 is 1.09 bits per heavy atom. The highest BCUT2D eigenvalue weighted by atomic mass is 19.1. The van der Waals surface area contributed by atoms with Crippen molar-refractivity contribution < 1.29 is 18.7 Å². The topological polar surface area (TPSA) is 52.6 Å². The van der Waals surface area contributed by atoms with Crippen molar-refractivity contribution in [2.24, 2.45) is 0 Å². The first kappa shape index (κ1) is 21.8. The fourth-order valence-electron chi connectivity index (χ4n) is 4.31. The van der Waals surface area contributed by atoms with E-state index in [1.165, 1.54) is 17.7 Å². The largest absolute Gasteiger partial charge is 0.481 e. The van der Waals surface area contributed by atoms with E-state index < -0.39 is 11.8 Å². The van der Waals surface area contributed by atoms with Gasteiger partial charge < -0.3 is 15.3 Å². The number of hydrogen-bond acceptors (Lipinski definition) is 3. The van der Waals surface area contributed by atoms with Crippen LogP contribution in [0.25, 0.3) is 0 Å². The summed E-state index contributed by atoms with van der Waals surface area (Å²) >= 11 is 0. The molecule has 0 saturated heterocycles. The smallest absolute Gasteiger partial charge is 0.303 e. The second-order valence-electron chi connectivity index (χ2n) is 8.15. The summed E-state index contributed by atoms with van der Waals surface area (Å²) in [6.45, 7) is 3.42. The maximum absolute atomic E-state index is 14.3. The molecule has 0 radical (unpaired) electrons. The molecule has 0 spiro atoms. The van der Waals surface area contributed by atoms with Gasteiger partial charge in [-0.25, -0.2) is 8.78 Å². The number of nitrogens with zero attached hydrogens (tertiary/aromatic N) is 1. The Balaban J connectivity index is 1.54. The van der Waals surface area contributed by atoms with Crippen molar-refractivity contribution in [3.05, 3.63) is 88.5 Å². The molecule has 0 unspecified atom stereocenters. The molecular weight excluding hydrogens is 410 g/mol. The zero-order chi connectivity index (χ0) is 22.7. The van der Waals surface area contributed by atoms with E-state index >= 15 is 0 Å². The van der Waals surface area contributed by atoms with Gasteiger partial charge in [0.2, 0.25) is 0 Å². The van der Waals surface area contributed by atoms with Gasteiger partial charge in [0.25, 0.3) is 0 Å². The lowest BCUT2D eigenvalue weighted by Crippen LogP contribution is -2.26. The van der Waals surface area contributed by atoms with Crippen LogP contribution in [0, 0.1) is 18.6 Å². The van der Waals surface area contributed by atoms with Gasteiger partial charge >= 0.3 is 5.97 Å². The fourth-order valence-corrected chi connectivity index (χ4v) is 4.31. The van der Waals surface area contributed by atoms with Gasteiger partial charge in [0.05, 0.1) is 0 Å². The molecule has 3 aromatic carbocycles. The van der Waals surface area contributed by atoms with Gasteiger partial charge in [0.15, 0.2) is 0 Å². The van der Waals surface area contributed by atoms with Gasteiger partial charge in [-0.1, -0.05) is 24.3 Å². The number of hydrogen-bond donors (Lipinski definition) is 2. The number of carboxylic acids is 1. The lowest BCUT2D eigenvalue weighted by atomic mass is 9.94. The zero-order valence-electron chi connectivity index (χ0n) is 18.0. The SMILES string of the molecule is Cc1c(CNc2ccc(CCC(=O)O)c(F)c2)ccc2c1N(c1cccc(F)c1)CCC2. The molecule has 0 aliphatic carbocycles. The van der Waals surface area contributed by atoms with E-state index in [0.29, 0.717) is 17.8 Å². The third kappa shape index (κ3) is 4.74. The number of rotatable bonds is 7. The van der Waals surface area contributed by atoms with Gasteiger partial charge in [-0.2, -0.15) is 0 Å². The minimum atomic E-state index is -0.943. The second kappa shape index (κ2) is 9.39. The van der Waals surface area contributed by atoms with Crippen LogP contribution in [0.5, 0.6) is 0 Å².